The number of rotatable bonds is 2. The van der Waals surface area contributed by atoms with Gasteiger partial charge in [-0.25, -0.2) is 0 Å². The SMILES string of the molecule is Cc1cc(O)cc(C)c1OCO. The van der Waals surface area contributed by atoms with E-state index < -0.39 is 0 Å². The van der Waals surface area contributed by atoms with Gasteiger partial charge in [0.25, 0.3) is 0 Å². The molecule has 0 heterocycles. The summed E-state index contributed by atoms with van der Waals surface area (Å²) >= 11 is 0. The Labute approximate surface area is 71.2 Å². The van der Waals surface area contributed by atoms with Crippen LogP contribution < -0.4 is 4.74 Å². The maximum absolute atomic E-state index is 9.17. The molecule has 12 heavy (non-hydrogen) atoms. The molecule has 0 atom stereocenters. The molecule has 2 N–H and O–H groups in total. The fourth-order valence-corrected chi connectivity index (χ4v) is 1.22. The molecule has 0 unspecified atom stereocenters. The predicted octanol–water partition coefficient (Wildman–Crippen LogP) is 1.34. The molecular weight excluding hydrogens is 156 g/mol. The van der Waals surface area contributed by atoms with Gasteiger partial charge in [0.2, 0.25) is 0 Å². The zero-order valence-corrected chi connectivity index (χ0v) is 7.16. The zero-order valence-electron chi connectivity index (χ0n) is 7.16. The van der Waals surface area contributed by atoms with Crippen molar-refractivity contribution in [1.82, 2.24) is 0 Å². The lowest BCUT2D eigenvalue weighted by molar-refractivity contribution is 0.0971. The minimum Gasteiger partial charge on any atom is -0.508 e. The van der Waals surface area contributed by atoms with Gasteiger partial charge in [-0.3, -0.25) is 0 Å². The van der Waals surface area contributed by atoms with Gasteiger partial charge in [0, 0.05) is 0 Å². The van der Waals surface area contributed by atoms with Crippen LogP contribution in [0.2, 0.25) is 0 Å². The summed E-state index contributed by atoms with van der Waals surface area (Å²) in [6.07, 6.45) is 0. The first-order valence-electron chi connectivity index (χ1n) is 3.69. The summed E-state index contributed by atoms with van der Waals surface area (Å²) in [7, 11) is 0. The summed E-state index contributed by atoms with van der Waals surface area (Å²) in [6.45, 7) is 3.29. The number of phenols is 1. The topological polar surface area (TPSA) is 49.7 Å². The molecule has 0 saturated heterocycles. The lowest BCUT2D eigenvalue weighted by Crippen LogP contribution is -1.98. The van der Waals surface area contributed by atoms with Crippen molar-refractivity contribution in [3.8, 4) is 11.5 Å². The Morgan fingerprint density at radius 1 is 1.25 bits per heavy atom. The van der Waals surface area contributed by atoms with Gasteiger partial charge in [0.05, 0.1) is 0 Å². The van der Waals surface area contributed by atoms with E-state index in [1.54, 1.807) is 12.1 Å². The van der Waals surface area contributed by atoms with E-state index in [1.807, 2.05) is 13.8 Å². The Bertz CT molecular complexity index is 258. The van der Waals surface area contributed by atoms with Crippen molar-refractivity contribution in [3.63, 3.8) is 0 Å². The fraction of sp³-hybridized carbons (Fsp3) is 0.333. The highest BCUT2D eigenvalue weighted by molar-refractivity contribution is 5.45. The number of ether oxygens (including phenoxy) is 1. The minimum absolute atomic E-state index is 0.218. The Balaban J connectivity index is 3.10. The first-order chi connectivity index (χ1) is 5.65. The van der Waals surface area contributed by atoms with Gasteiger partial charge in [-0.2, -0.15) is 0 Å². The molecular formula is C9H12O3. The molecule has 0 radical (unpaired) electrons. The largest absolute Gasteiger partial charge is 0.508 e. The van der Waals surface area contributed by atoms with Gasteiger partial charge < -0.3 is 14.9 Å². The quantitative estimate of drug-likeness (QED) is 0.655. The van der Waals surface area contributed by atoms with Crippen molar-refractivity contribution < 1.29 is 14.9 Å². The lowest BCUT2D eigenvalue weighted by atomic mass is 10.1. The normalized spacial score (nSPS) is 9.92. The van der Waals surface area contributed by atoms with E-state index in [2.05, 4.69) is 0 Å². The third-order valence-electron chi connectivity index (χ3n) is 1.65. The maximum atomic E-state index is 9.17. The van der Waals surface area contributed by atoms with Crippen LogP contribution in [0, 0.1) is 13.8 Å². The van der Waals surface area contributed by atoms with Crippen LogP contribution in [0.15, 0.2) is 12.1 Å². The molecule has 0 fully saturated rings. The van der Waals surface area contributed by atoms with E-state index in [9.17, 15) is 0 Å². The van der Waals surface area contributed by atoms with E-state index in [0.29, 0.717) is 5.75 Å². The Morgan fingerprint density at radius 2 is 1.75 bits per heavy atom. The van der Waals surface area contributed by atoms with Crippen molar-refractivity contribution >= 4 is 0 Å². The first kappa shape index (κ1) is 8.87. The molecule has 0 aromatic heterocycles. The summed E-state index contributed by atoms with van der Waals surface area (Å²) in [5, 5.41) is 17.7. The highest BCUT2D eigenvalue weighted by Gasteiger charge is 2.04. The monoisotopic (exact) mass is 168 g/mol. The molecule has 1 aromatic rings. The summed E-state index contributed by atoms with van der Waals surface area (Å²) in [5.74, 6) is 0.852. The molecule has 3 heteroatoms. The van der Waals surface area contributed by atoms with Crippen molar-refractivity contribution in [3.05, 3.63) is 23.3 Å². The zero-order chi connectivity index (χ0) is 9.14. The van der Waals surface area contributed by atoms with Gasteiger partial charge in [-0.05, 0) is 37.1 Å². The fourth-order valence-electron chi connectivity index (χ4n) is 1.22. The summed E-state index contributed by atoms with van der Waals surface area (Å²) < 4.78 is 4.97. The molecule has 0 amide bonds. The van der Waals surface area contributed by atoms with Crippen LogP contribution in [0.25, 0.3) is 0 Å². The predicted molar refractivity (Wildman–Crippen MR) is 45.3 cm³/mol. The van der Waals surface area contributed by atoms with Gasteiger partial charge in [-0.1, -0.05) is 0 Å². The van der Waals surface area contributed by atoms with Gasteiger partial charge in [-0.15, -0.1) is 0 Å². The smallest absolute Gasteiger partial charge is 0.186 e. The van der Waals surface area contributed by atoms with Crippen molar-refractivity contribution in [1.29, 1.82) is 0 Å². The highest BCUT2D eigenvalue weighted by atomic mass is 16.6. The Morgan fingerprint density at radius 3 is 2.17 bits per heavy atom. The summed E-state index contributed by atoms with van der Waals surface area (Å²) in [6, 6.07) is 3.19. The number of aliphatic hydroxyl groups excluding tert-OH is 1. The van der Waals surface area contributed by atoms with Crippen molar-refractivity contribution in [2.75, 3.05) is 6.79 Å². The van der Waals surface area contributed by atoms with Gasteiger partial charge in [0.15, 0.2) is 6.79 Å². The van der Waals surface area contributed by atoms with Crippen LogP contribution in [0.1, 0.15) is 11.1 Å². The number of hydrogen-bond donors (Lipinski definition) is 2. The van der Waals surface area contributed by atoms with Crippen LogP contribution in [0.4, 0.5) is 0 Å². The standard InChI is InChI=1S/C9H12O3/c1-6-3-8(11)4-7(2)9(6)12-5-10/h3-4,10-11H,5H2,1-2H3. The van der Waals surface area contributed by atoms with Crippen molar-refractivity contribution in [2.45, 2.75) is 13.8 Å². The molecule has 1 aromatic carbocycles. The Hall–Kier alpha value is -1.22. The molecule has 0 saturated carbocycles. The molecule has 1 rings (SSSR count). The second kappa shape index (κ2) is 3.45. The number of aliphatic hydroxyl groups is 1. The highest BCUT2D eigenvalue weighted by Crippen LogP contribution is 2.27. The molecule has 0 bridgehead atoms. The molecule has 3 nitrogen and oxygen atoms in total. The number of benzene rings is 1. The van der Waals surface area contributed by atoms with Gasteiger partial charge >= 0.3 is 0 Å². The average molecular weight is 168 g/mol. The molecule has 0 aliphatic rings. The molecule has 66 valence electrons. The Kier molecular flexibility index (Phi) is 2.55. The van der Waals surface area contributed by atoms with Crippen LogP contribution in [0.5, 0.6) is 11.5 Å². The number of hydrogen-bond acceptors (Lipinski definition) is 3. The first-order valence-corrected chi connectivity index (χ1v) is 3.69. The molecule has 0 aliphatic carbocycles. The average Bonchev–Trinajstić information content (AvgIpc) is 1.96. The minimum atomic E-state index is -0.341. The molecule has 0 spiro atoms. The van der Waals surface area contributed by atoms with E-state index in [0.717, 1.165) is 11.1 Å². The van der Waals surface area contributed by atoms with Crippen molar-refractivity contribution in [2.24, 2.45) is 0 Å². The third-order valence-corrected chi connectivity index (χ3v) is 1.65. The van der Waals surface area contributed by atoms with E-state index in [-0.39, 0.29) is 12.5 Å². The lowest BCUT2D eigenvalue weighted by Gasteiger charge is -2.09. The number of aryl methyl sites for hydroxylation is 2. The maximum Gasteiger partial charge on any atom is 0.186 e. The van der Waals surface area contributed by atoms with E-state index in [4.69, 9.17) is 14.9 Å². The molecule has 0 aliphatic heterocycles. The van der Waals surface area contributed by atoms with Crippen LogP contribution in [0.3, 0.4) is 0 Å². The second-order valence-corrected chi connectivity index (χ2v) is 2.68. The van der Waals surface area contributed by atoms with Crippen LogP contribution >= 0.6 is 0 Å². The van der Waals surface area contributed by atoms with E-state index in [1.165, 1.54) is 0 Å². The second-order valence-electron chi connectivity index (χ2n) is 2.68. The third kappa shape index (κ3) is 1.68. The number of aromatic hydroxyl groups is 1. The van der Waals surface area contributed by atoms with Gasteiger partial charge in [0.1, 0.15) is 11.5 Å². The van der Waals surface area contributed by atoms with Crippen LogP contribution in [-0.4, -0.2) is 17.0 Å². The summed E-state index contributed by atoms with van der Waals surface area (Å²) in [4.78, 5) is 0. The summed E-state index contributed by atoms with van der Waals surface area (Å²) in [5.41, 5.74) is 1.64. The van der Waals surface area contributed by atoms with E-state index >= 15 is 0 Å². The number of phenolic OH excluding ortho intramolecular Hbond substituents is 1. The van der Waals surface area contributed by atoms with Crippen LogP contribution in [-0.2, 0) is 0 Å².